The van der Waals surface area contributed by atoms with Crippen LogP contribution in [-0.4, -0.2) is 46.4 Å². The molecule has 1 fully saturated rings. The Kier molecular flexibility index (Phi) is 6.88. The Balaban J connectivity index is 1.58. The van der Waals surface area contributed by atoms with Crippen molar-refractivity contribution >= 4 is 25.8 Å². The summed E-state index contributed by atoms with van der Waals surface area (Å²) in [5.74, 6) is -0.380. The molecule has 31 heavy (non-hydrogen) atoms. The second-order valence-corrected chi connectivity index (χ2v) is 12.0. The molecule has 1 unspecified atom stereocenters. The van der Waals surface area contributed by atoms with Crippen LogP contribution >= 0.6 is 0 Å². The van der Waals surface area contributed by atoms with Gasteiger partial charge in [0.05, 0.1) is 15.8 Å². The van der Waals surface area contributed by atoms with Gasteiger partial charge >= 0.3 is 0 Å². The summed E-state index contributed by atoms with van der Waals surface area (Å²) < 4.78 is 50.2. The third-order valence-corrected chi connectivity index (χ3v) is 8.69. The van der Waals surface area contributed by atoms with Crippen molar-refractivity contribution in [3.63, 3.8) is 0 Å². The minimum Gasteiger partial charge on any atom is -0.349 e. The van der Waals surface area contributed by atoms with Crippen molar-refractivity contribution in [3.8, 4) is 0 Å². The molecule has 2 aromatic rings. The smallest absolute Gasteiger partial charge is 0.243 e. The molecule has 1 aliphatic heterocycles. The number of hydrogen-bond donors (Lipinski definition) is 1. The maximum atomic E-state index is 12.8. The molecule has 0 radical (unpaired) electrons. The van der Waals surface area contributed by atoms with Crippen LogP contribution in [0.2, 0.25) is 0 Å². The molecule has 1 heterocycles. The van der Waals surface area contributed by atoms with Crippen LogP contribution in [0.15, 0.2) is 58.3 Å². The lowest BCUT2D eigenvalue weighted by atomic mass is 9.96. The van der Waals surface area contributed by atoms with Crippen molar-refractivity contribution in [2.45, 2.75) is 42.5 Å². The lowest BCUT2D eigenvalue weighted by molar-refractivity contribution is -0.126. The molecule has 2 aromatic carbocycles. The number of hydrogen-bond acceptors (Lipinski definition) is 5. The van der Waals surface area contributed by atoms with Crippen LogP contribution < -0.4 is 5.32 Å². The van der Waals surface area contributed by atoms with Crippen LogP contribution in [0.5, 0.6) is 0 Å². The molecule has 0 spiro atoms. The molecule has 1 amide bonds. The van der Waals surface area contributed by atoms with Gasteiger partial charge in [-0.1, -0.05) is 29.8 Å². The average Bonchev–Trinajstić information content (AvgIpc) is 2.73. The zero-order valence-corrected chi connectivity index (χ0v) is 19.5. The number of sulfonamides is 1. The summed E-state index contributed by atoms with van der Waals surface area (Å²) in [6.45, 7) is 4.34. The van der Waals surface area contributed by atoms with Crippen molar-refractivity contribution in [1.29, 1.82) is 0 Å². The molecule has 3 rings (SSSR count). The number of amides is 1. The highest BCUT2D eigenvalue weighted by Crippen LogP contribution is 2.25. The van der Waals surface area contributed by atoms with Gasteiger partial charge in [-0.2, -0.15) is 4.31 Å². The zero-order valence-electron chi connectivity index (χ0n) is 17.9. The van der Waals surface area contributed by atoms with Gasteiger partial charge in [0.15, 0.2) is 9.84 Å². The van der Waals surface area contributed by atoms with Crippen LogP contribution in [0.1, 0.15) is 36.9 Å². The summed E-state index contributed by atoms with van der Waals surface area (Å²) in [4.78, 5) is 13.2. The van der Waals surface area contributed by atoms with Crippen LogP contribution in [0.3, 0.4) is 0 Å². The van der Waals surface area contributed by atoms with Gasteiger partial charge in [0.25, 0.3) is 0 Å². The first-order chi connectivity index (χ1) is 14.5. The Bertz CT molecular complexity index is 1130. The summed E-state index contributed by atoms with van der Waals surface area (Å²) in [7, 11) is -6.82. The molecule has 0 aliphatic carbocycles. The Morgan fingerprint density at radius 1 is 0.935 bits per heavy atom. The normalized spacial score (nSPS) is 17.3. The largest absolute Gasteiger partial charge is 0.349 e. The van der Waals surface area contributed by atoms with Gasteiger partial charge < -0.3 is 5.32 Å². The number of rotatable bonds is 6. The fraction of sp³-hybridized carbons (Fsp3) is 0.409. The zero-order chi connectivity index (χ0) is 22.8. The first-order valence-electron chi connectivity index (χ1n) is 10.2. The van der Waals surface area contributed by atoms with Gasteiger partial charge in [0, 0.05) is 25.3 Å². The summed E-state index contributed by atoms with van der Waals surface area (Å²) in [5, 5.41) is 2.96. The molecule has 168 valence electrons. The minimum absolute atomic E-state index is 0.118. The monoisotopic (exact) mass is 464 g/mol. The van der Waals surface area contributed by atoms with Crippen molar-refractivity contribution in [1.82, 2.24) is 9.62 Å². The molecule has 1 atom stereocenters. The second-order valence-electron chi connectivity index (χ2n) is 8.06. The summed E-state index contributed by atoms with van der Waals surface area (Å²) in [5.41, 5.74) is 1.80. The number of benzene rings is 2. The number of nitrogens with zero attached hydrogens (tertiary/aromatic N) is 1. The van der Waals surface area contributed by atoms with E-state index in [1.165, 1.54) is 16.4 Å². The van der Waals surface area contributed by atoms with E-state index in [1.54, 1.807) is 36.4 Å². The van der Waals surface area contributed by atoms with E-state index >= 15 is 0 Å². The number of piperidine rings is 1. The molecule has 0 saturated carbocycles. The number of nitrogens with one attached hydrogen (secondary N) is 1. The molecular formula is C22H28N2O5S2. The van der Waals surface area contributed by atoms with Crippen LogP contribution in [-0.2, 0) is 24.7 Å². The Morgan fingerprint density at radius 3 is 1.97 bits per heavy atom. The second kappa shape index (κ2) is 9.10. The van der Waals surface area contributed by atoms with E-state index in [-0.39, 0.29) is 27.7 Å². The van der Waals surface area contributed by atoms with E-state index in [4.69, 9.17) is 0 Å². The molecule has 1 saturated heterocycles. The van der Waals surface area contributed by atoms with Crippen LogP contribution in [0.4, 0.5) is 0 Å². The van der Waals surface area contributed by atoms with E-state index in [0.717, 1.165) is 17.4 Å². The Hall–Kier alpha value is -2.23. The quantitative estimate of drug-likeness (QED) is 0.708. The van der Waals surface area contributed by atoms with Crippen LogP contribution in [0.25, 0.3) is 0 Å². The molecule has 1 N–H and O–H groups in total. The van der Waals surface area contributed by atoms with Crippen molar-refractivity contribution in [2.24, 2.45) is 5.92 Å². The third kappa shape index (κ3) is 5.53. The molecular weight excluding hydrogens is 436 g/mol. The van der Waals surface area contributed by atoms with Gasteiger partial charge in [-0.3, -0.25) is 4.79 Å². The lowest BCUT2D eigenvalue weighted by Crippen LogP contribution is -2.43. The summed E-state index contributed by atoms with van der Waals surface area (Å²) in [6.07, 6.45) is 2.06. The molecule has 9 heteroatoms. The van der Waals surface area contributed by atoms with E-state index in [1.807, 2.05) is 13.8 Å². The minimum atomic E-state index is -3.56. The average molecular weight is 465 g/mol. The number of sulfone groups is 1. The van der Waals surface area contributed by atoms with Crippen molar-refractivity contribution in [2.75, 3.05) is 19.3 Å². The lowest BCUT2D eigenvalue weighted by Gasteiger charge is -2.31. The van der Waals surface area contributed by atoms with Gasteiger partial charge in [-0.25, -0.2) is 16.8 Å². The standard InChI is InChI=1S/C22H28N2O5S2/c1-16-4-8-21(9-5-16)31(28,29)24-14-12-19(13-15-24)22(25)23-17(2)18-6-10-20(11-7-18)30(3,26)27/h4-11,17,19H,12-15H2,1-3H3,(H,23,25). The van der Waals surface area contributed by atoms with Crippen LogP contribution in [0, 0.1) is 12.8 Å². The first-order valence-corrected chi connectivity index (χ1v) is 13.5. The number of carbonyl (C=O) groups is 1. The maximum absolute atomic E-state index is 12.8. The number of aryl methyl sites for hydroxylation is 1. The highest BCUT2D eigenvalue weighted by atomic mass is 32.2. The number of carbonyl (C=O) groups excluding carboxylic acids is 1. The molecule has 0 aromatic heterocycles. The highest BCUT2D eigenvalue weighted by molar-refractivity contribution is 7.90. The molecule has 1 aliphatic rings. The summed E-state index contributed by atoms with van der Waals surface area (Å²) in [6, 6.07) is 12.9. The van der Waals surface area contributed by atoms with E-state index in [0.29, 0.717) is 25.9 Å². The van der Waals surface area contributed by atoms with Crippen molar-refractivity contribution in [3.05, 3.63) is 59.7 Å². The van der Waals surface area contributed by atoms with E-state index in [9.17, 15) is 21.6 Å². The van der Waals surface area contributed by atoms with Gasteiger partial charge in [-0.05, 0) is 56.5 Å². The van der Waals surface area contributed by atoms with E-state index < -0.39 is 19.9 Å². The van der Waals surface area contributed by atoms with Gasteiger partial charge in [-0.15, -0.1) is 0 Å². The predicted molar refractivity (Wildman–Crippen MR) is 119 cm³/mol. The highest BCUT2D eigenvalue weighted by Gasteiger charge is 2.32. The van der Waals surface area contributed by atoms with Crippen molar-refractivity contribution < 1.29 is 21.6 Å². The van der Waals surface area contributed by atoms with E-state index in [2.05, 4.69) is 5.32 Å². The first kappa shape index (κ1) is 23.4. The molecule has 7 nitrogen and oxygen atoms in total. The maximum Gasteiger partial charge on any atom is 0.243 e. The van der Waals surface area contributed by atoms with Gasteiger partial charge in [0.2, 0.25) is 15.9 Å². The SMILES string of the molecule is Cc1ccc(S(=O)(=O)N2CCC(C(=O)NC(C)c3ccc(S(C)(=O)=O)cc3)CC2)cc1. The fourth-order valence-electron chi connectivity index (χ4n) is 3.64. The fourth-order valence-corrected chi connectivity index (χ4v) is 5.74. The summed E-state index contributed by atoms with van der Waals surface area (Å²) >= 11 is 0. The Labute approximate surface area is 184 Å². The third-order valence-electron chi connectivity index (χ3n) is 5.65. The van der Waals surface area contributed by atoms with Gasteiger partial charge in [0.1, 0.15) is 0 Å². The predicted octanol–water partition coefficient (Wildman–Crippen LogP) is 2.68. The Morgan fingerprint density at radius 2 is 1.45 bits per heavy atom. The topological polar surface area (TPSA) is 101 Å². The molecule has 0 bridgehead atoms.